The van der Waals surface area contributed by atoms with Gasteiger partial charge in [-0.25, -0.2) is 0 Å². The predicted molar refractivity (Wildman–Crippen MR) is 107 cm³/mol. The van der Waals surface area contributed by atoms with Crippen LogP contribution in [0, 0.1) is 0 Å². The molecule has 3 heteroatoms. The van der Waals surface area contributed by atoms with Gasteiger partial charge >= 0.3 is 0 Å². The molecule has 1 aliphatic rings. The lowest BCUT2D eigenvalue weighted by molar-refractivity contribution is -0.928. The van der Waals surface area contributed by atoms with Gasteiger partial charge in [0.2, 0.25) is 0 Å². The maximum Gasteiger partial charge on any atom is 0.137 e. The third-order valence-electron chi connectivity index (χ3n) is 5.69. The summed E-state index contributed by atoms with van der Waals surface area (Å²) in [5.74, 6) is 0.822. The zero-order chi connectivity index (χ0) is 18.2. The molecule has 140 valence electrons. The molecule has 3 nitrogen and oxygen atoms in total. The van der Waals surface area contributed by atoms with Crippen molar-refractivity contribution in [3.8, 4) is 16.9 Å². The molecule has 0 radical (unpaired) electrons. The van der Waals surface area contributed by atoms with Gasteiger partial charge in [0.05, 0.1) is 19.6 Å². The van der Waals surface area contributed by atoms with Crippen LogP contribution in [-0.2, 0) is 0 Å². The molecule has 26 heavy (non-hydrogen) atoms. The van der Waals surface area contributed by atoms with Gasteiger partial charge < -0.3 is 14.3 Å². The monoisotopic (exact) mass is 354 g/mol. The number of ether oxygens (including phenoxy) is 1. The summed E-state index contributed by atoms with van der Waals surface area (Å²) in [5, 5.41) is 10.5. The van der Waals surface area contributed by atoms with Crippen LogP contribution in [0.25, 0.3) is 11.1 Å². The van der Waals surface area contributed by atoms with Crippen molar-refractivity contribution in [2.45, 2.75) is 38.7 Å². The molecule has 2 aromatic rings. The van der Waals surface area contributed by atoms with Gasteiger partial charge in [0.1, 0.15) is 25.0 Å². The van der Waals surface area contributed by atoms with Gasteiger partial charge in [-0.05, 0) is 55.9 Å². The zero-order valence-electron chi connectivity index (χ0n) is 15.9. The van der Waals surface area contributed by atoms with Gasteiger partial charge in [0.25, 0.3) is 0 Å². The summed E-state index contributed by atoms with van der Waals surface area (Å²) in [6.45, 7) is 6.91. The van der Waals surface area contributed by atoms with Gasteiger partial charge in [-0.15, -0.1) is 0 Å². The normalized spacial score (nSPS) is 18.1. The van der Waals surface area contributed by atoms with E-state index in [1.165, 1.54) is 49.9 Å². The summed E-state index contributed by atoms with van der Waals surface area (Å²) in [4.78, 5) is 0. The molecule has 2 aromatic carbocycles. The molecule has 0 unspecified atom stereocenters. The molecule has 1 atom stereocenters. The first-order valence-electron chi connectivity index (χ1n) is 10.0. The quantitative estimate of drug-likeness (QED) is 0.742. The predicted octanol–water partition coefficient (Wildman–Crippen LogP) is 4.50. The van der Waals surface area contributed by atoms with Crippen molar-refractivity contribution in [1.29, 1.82) is 0 Å². The molecular weight excluding hydrogens is 322 g/mol. The number of likely N-dealkylation sites (tertiary alicyclic amines) is 1. The van der Waals surface area contributed by atoms with Crippen LogP contribution in [0.3, 0.4) is 0 Å². The van der Waals surface area contributed by atoms with Crippen molar-refractivity contribution >= 4 is 0 Å². The van der Waals surface area contributed by atoms with E-state index in [0.717, 1.165) is 23.3 Å². The Kier molecular flexibility index (Phi) is 6.70. The fourth-order valence-corrected chi connectivity index (χ4v) is 4.05. The van der Waals surface area contributed by atoms with Crippen LogP contribution >= 0.6 is 0 Å². The lowest BCUT2D eigenvalue weighted by atomic mass is 10.1. The Morgan fingerprint density at radius 1 is 0.885 bits per heavy atom. The molecule has 0 spiro atoms. The Hall–Kier alpha value is -1.84. The van der Waals surface area contributed by atoms with Crippen molar-refractivity contribution in [1.82, 2.24) is 0 Å². The number of aliphatic hydroxyl groups is 1. The first-order chi connectivity index (χ1) is 12.7. The second-order valence-electron chi connectivity index (χ2n) is 7.56. The Labute approximate surface area is 157 Å². The SMILES string of the molecule is CC[N+]1(C[C@H](O)COc2ccc(-c3ccccc3)cc2)CCCCCC1. The first kappa shape index (κ1) is 18.9. The lowest BCUT2D eigenvalue weighted by Crippen LogP contribution is -2.53. The second-order valence-corrected chi connectivity index (χ2v) is 7.56. The number of aliphatic hydroxyl groups excluding tert-OH is 1. The maximum absolute atomic E-state index is 10.5. The standard InChI is InChI=1S/C23H32NO2/c1-2-24(16-8-3-4-9-17-24)18-22(25)19-26-23-14-12-21(13-15-23)20-10-6-5-7-11-20/h5-7,10-15,22,25H,2-4,8-9,16-19H2,1H3/q+1/t22-/m0/s1. The van der Waals surface area contributed by atoms with E-state index in [9.17, 15) is 5.11 Å². The Morgan fingerprint density at radius 3 is 2.12 bits per heavy atom. The highest BCUT2D eigenvalue weighted by Crippen LogP contribution is 2.23. The van der Waals surface area contributed by atoms with Gasteiger partial charge in [-0.1, -0.05) is 42.5 Å². The molecule has 0 aromatic heterocycles. The smallest absolute Gasteiger partial charge is 0.137 e. The molecule has 3 rings (SSSR count). The highest BCUT2D eigenvalue weighted by molar-refractivity contribution is 5.63. The summed E-state index contributed by atoms with van der Waals surface area (Å²) in [6, 6.07) is 18.5. The van der Waals surface area contributed by atoms with Crippen LogP contribution in [0.4, 0.5) is 0 Å². The van der Waals surface area contributed by atoms with E-state index in [0.29, 0.717) is 6.61 Å². The molecule has 0 saturated carbocycles. The molecule has 1 heterocycles. The summed E-state index contributed by atoms with van der Waals surface area (Å²) in [7, 11) is 0. The minimum Gasteiger partial charge on any atom is -0.491 e. The minimum atomic E-state index is -0.415. The third kappa shape index (κ3) is 5.09. The van der Waals surface area contributed by atoms with Gasteiger partial charge in [0, 0.05) is 0 Å². The van der Waals surface area contributed by atoms with Crippen LogP contribution in [-0.4, -0.2) is 48.5 Å². The first-order valence-corrected chi connectivity index (χ1v) is 10.0. The molecule has 0 bridgehead atoms. The summed E-state index contributed by atoms with van der Waals surface area (Å²) < 4.78 is 6.90. The highest BCUT2D eigenvalue weighted by atomic mass is 16.5. The topological polar surface area (TPSA) is 29.5 Å². The lowest BCUT2D eigenvalue weighted by Gasteiger charge is -2.38. The van der Waals surface area contributed by atoms with Gasteiger partial charge in [-0.3, -0.25) is 0 Å². The average Bonchev–Trinajstić information content (AvgIpc) is 2.93. The number of quaternary nitrogens is 1. The van der Waals surface area contributed by atoms with Crippen LogP contribution in [0.2, 0.25) is 0 Å². The fraction of sp³-hybridized carbons (Fsp3) is 0.478. The molecule has 1 fully saturated rings. The summed E-state index contributed by atoms with van der Waals surface area (Å²) >= 11 is 0. The van der Waals surface area contributed by atoms with E-state index in [1.54, 1.807) is 0 Å². The van der Waals surface area contributed by atoms with Crippen molar-refractivity contribution in [3.63, 3.8) is 0 Å². The number of rotatable bonds is 7. The largest absolute Gasteiger partial charge is 0.491 e. The van der Waals surface area contributed by atoms with E-state index in [-0.39, 0.29) is 0 Å². The van der Waals surface area contributed by atoms with Crippen LogP contribution in [0.5, 0.6) is 5.75 Å². The van der Waals surface area contributed by atoms with Crippen LogP contribution < -0.4 is 4.74 Å². The Bertz CT molecular complexity index is 646. The summed E-state index contributed by atoms with van der Waals surface area (Å²) in [6.07, 6.45) is 4.81. The third-order valence-corrected chi connectivity index (χ3v) is 5.69. The summed E-state index contributed by atoms with van der Waals surface area (Å²) in [5.41, 5.74) is 2.38. The van der Waals surface area contributed by atoms with E-state index in [4.69, 9.17) is 4.74 Å². The van der Waals surface area contributed by atoms with Gasteiger partial charge in [0.15, 0.2) is 0 Å². The molecule has 0 aliphatic carbocycles. The maximum atomic E-state index is 10.5. The molecule has 1 aliphatic heterocycles. The van der Waals surface area contributed by atoms with Crippen molar-refractivity contribution < 1.29 is 14.3 Å². The molecular formula is C23H32NO2+. The van der Waals surface area contributed by atoms with E-state index in [2.05, 4.69) is 31.2 Å². The molecule has 0 amide bonds. The van der Waals surface area contributed by atoms with E-state index < -0.39 is 6.10 Å². The number of likely N-dealkylation sites (N-methyl/N-ethyl adjacent to an activating group) is 1. The number of benzene rings is 2. The number of hydrogen-bond donors (Lipinski definition) is 1. The minimum absolute atomic E-state index is 0.366. The fourth-order valence-electron chi connectivity index (χ4n) is 4.05. The molecule has 1 saturated heterocycles. The Morgan fingerprint density at radius 2 is 1.50 bits per heavy atom. The van der Waals surface area contributed by atoms with Crippen molar-refractivity contribution in [2.24, 2.45) is 0 Å². The van der Waals surface area contributed by atoms with Crippen molar-refractivity contribution in [2.75, 3.05) is 32.8 Å². The van der Waals surface area contributed by atoms with Crippen molar-refractivity contribution in [3.05, 3.63) is 54.6 Å². The molecule has 1 N–H and O–H groups in total. The second kappa shape index (κ2) is 9.20. The Balaban J connectivity index is 1.53. The number of hydrogen-bond acceptors (Lipinski definition) is 2. The average molecular weight is 355 g/mol. The zero-order valence-corrected chi connectivity index (χ0v) is 15.9. The van der Waals surface area contributed by atoms with Crippen LogP contribution in [0.1, 0.15) is 32.6 Å². The van der Waals surface area contributed by atoms with E-state index >= 15 is 0 Å². The highest BCUT2D eigenvalue weighted by Gasteiger charge is 2.29. The number of nitrogens with zero attached hydrogens (tertiary/aromatic N) is 1. The van der Waals surface area contributed by atoms with Crippen LogP contribution in [0.15, 0.2) is 54.6 Å². The van der Waals surface area contributed by atoms with E-state index in [1.807, 2.05) is 30.3 Å². The van der Waals surface area contributed by atoms with Gasteiger partial charge in [-0.2, -0.15) is 0 Å².